The first-order valence-corrected chi connectivity index (χ1v) is 7.26. The number of anilines is 1. The summed E-state index contributed by atoms with van der Waals surface area (Å²) >= 11 is 0. The maximum absolute atomic E-state index is 12.4. The van der Waals surface area contributed by atoms with Crippen LogP contribution in [0.1, 0.15) is 50.7 Å². The number of nitrogens with two attached hydrogens (primary N) is 1. The molecule has 1 aromatic rings. The summed E-state index contributed by atoms with van der Waals surface area (Å²) < 4.78 is 5.47. The Kier molecular flexibility index (Phi) is 5.72. The maximum atomic E-state index is 12.4. The quantitative estimate of drug-likeness (QED) is 0.905. The van der Waals surface area contributed by atoms with Gasteiger partial charge in [0.15, 0.2) is 0 Å². The molecular formula is C16H27N3O2. The fraction of sp³-hybridized carbons (Fsp3) is 0.625. The van der Waals surface area contributed by atoms with Crippen molar-refractivity contribution < 1.29 is 9.53 Å². The summed E-state index contributed by atoms with van der Waals surface area (Å²) in [6, 6.07) is 3.44. The van der Waals surface area contributed by atoms with Gasteiger partial charge in [-0.3, -0.25) is 4.79 Å². The van der Waals surface area contributed by atoms with Crippen LogP contribution < -0.4 is 5.73 Å². The normalized spacial score (nSPS) is 11.8. The van der Waals surface area contributed by atoms with Gasteiger partial charge in [0.1, 0.15) is 5.82 Å². The molecule has 1 amide bonds. The monoisotopic (exact) mass is 293 g/mol. The smallest absolute Gasteiger partial charge is 0.253 e. The zero-order valence-corrected chi connectivity index (χ0v) is 13.9. The summed E-state index contributed by atoms with van der Waals surface area (Å²) in [4.78, 5) is 18.4. The number of nitrogens with zero attached hydrogens (tertiary/aromatic N) is 2. The lowest BCUT2D eigenvalue weighted by Crippen LogP contribution is -2.31. The minimum atomic E-state index is -0.149. The lowest BCUT2D eigenvalue weighted by molar-refractivity contribution is 0.0532. The van der Waals surface area contributed by atoms with E-state index in [-0.39, 0.29) is 17.4 Å². The third-order valence-corrected chi connectivity index (χ3v) is 3.09. The van der Waals surface area contributed by atoms with E-state index in [1.165, 1.54) is 0 Å². The molecule has 0 radical (unpaired) electrons. The van der Waals surface area contributed by atoms with Gasteiger partial charge in [-0.2, -0.15) is 0 Å². The molecule has 0 spiro atoms. The Balaban J connectivity index is 2.84. The van der Waals surface area contributed by atoms with Crippen molar-refractivity contribution in [1.82, 2.24) is 9.88 Å². The van der Waals surface area contributed by atoms with Crippen LogP contribution in [-0.2, 0) is 10.2 Å². The number of pyridine rings is 1. The zero-order valence-electron chi connectivity index (χ0n) is 13.9. The molecule has 1 aromatic heterocycles. The lowest BCUT2D eigenvalue weighted by Gasteiger charge is -2.21. The second-order valence-electron chi connectivity index (χ2n) is 6.56. The molecule has 118 valence electrons. The van der Waals surface area contributed by atoms with Gasteiger partial charge in [0.25, 0.3) is 5.91 Å². The van der Waals surface area contributed by atoms with Gasteiger partial charge >= 0.3 is 0 Å². The minimum absolute atomic E-state index is 0.0676. The summed E-state index contributed by atoms with van der Waals surface area (Å²) in [6.45, 7) is 11.1. The summed E-state index contributed by atoms with van der Waals surface area (Å²) in [6.07, 6.45) is 0.164. The number of amides is 1. The van der Waals surface area contributed by atoms with Crippen LogP contribution in [0.25, 0.3) is 0 Å². The number of ether oxygens (including phenoxy) is 1. The molecular weight excluding hydrogens is 266 g/mol. The fourth-order valence-corrected chi connectivity index (χ4v) is 1.81. The number of likely N-dealkylation sites (N-methyl/N-ethyl adjacent to an activating group) is 1. The van der Waals surface area contributed by atoms with E-state index in [0.717, 1.165) is 5.69 Å². The Labute approximate surface area is 127 Å². The maximum Gasteiger partial charge on any atom is 0.253 e. The van der Waals surface area contributed by atoms with Crippen molar-refractivity contribution in [2.75, 3.05) is 25.9 Å². The predicted molar refractivity (Wildman–Crippen MR) is 85.4 cm³/mol. The number of hydrogen-bond acceptors (Lipinski definition) is 4. The van der Waals surface area contributed by atoms with Crippen LogP contribution in [0.4, 0.5) is 5.82 Å². The molecule has 0 saturated carbocycles. The van der Waals surface area contributed by atoms with Crippen LogP contribution in [0.3, 0.4) is 0 Å². The molecule has 0 bridgehead atoms. The largest absolute Gasteiger partial charge is 0.384 e. The second kappa shape index (κ2) is 6.89. The van der Waals surface area contributed by atoms with Crippen molar-refractivity contribution >= 4 is 11.7 Å². The average molecular weight is 293 g/mol. The molecule has 0 aliphatic heterocycles. The highest BCUT2D eigenvalue weighted by Gasteiger charge is 2.20. The number of hydrogen-bond donors (Lipinski definition) is 1. The van der Waals surface area contributed by atoms with Gasteiger partial charge in [-0.1, -0.05) is 20.8 Å². The van der Waals surface area contributed by atoms with Crippen molar-refractivity contribution in [2.24, 2.45) is 0 Å². The predicted octanol–water partition coefficient (Wildman–Crippen LogP) is 2.46. The number of carbonyl (C=O) groups is 1. The van der Waals surface area contributed by atoms with Crippen LogP contribution in [0, 0.1) is 0 Å². The topological polar surface area (TPSA) is 68.5 Å². The Hall–Kier alpha value is -1.62. The van der Waals surface area contributed by atoms with E-state index in [2.05, 4.69) is 4.98 Å². The Bertz CT molecular complexity index is 493. The fourth-order valence-electron chi connectivity index (χ4n) is 1.81. The molecule has 0 aromatic carbocycles. The first-order valence-electron chi connectivity index (χ1n) is 7.26. The Morgan fingerprint density at radius 3 is 2.52 bits per heavy atom. The van der Waals surface area contributed by atoms with E-state index < -0.39 is 0 Å². The van der Waals surface area contributed by atoms with Gasteiger partial charge in [0, 0.05) is 30.3 Å². The summed E-state index contributed by atoms with van der Waals surface area (Å²) in [5.74, 6) is 0.305. The molecule has 0 unspecified atom stereocenters. The van der Waals surface area contributed by atoms with Gasteiger partial charge in [-0.05, 0) is 26.0 Å². The van der Waals surface area contributed by atoms with Crippen LogP contribution in [0.5, 0.6) is 0 Å². The standard InChI is InChI=1S/C16H27N3O2/c1-11(2)21-8-7-19(6)15(20)12-9-13(16(3,4)5)18-14(17)10-12/h9-11H,7-8H2,1-6H3,(H2,17,18). The number of aromatic nitrogens is 1. The SMILES string of the molecule is CC(C)OCCN(C)C(=O)c1cc(N)nc(C(C)(C)C)c1. The molecule has 2 N–H and O–H groups in total. The van der Waals surface area contributed by atoms with Crippen molar-refractivity contribution in [3.63, 3.8) is 0 Å². The Morgan fingerprint density at radius 1 is 1.38 bits per heavy atom. The van der Waals surface area contributed by atoms with E-state index in [1.807, 2.05) is 40.7 Å². The van der Waals surface area contributed by atoms with E-state index >= 15 is 0 Å². The minimum Gasteiger partial charge on any atom is -0.384 e. The van der Waals surface area contributed by atoms with Crippen LogP contribution >= 0.6 is 0 Å². The van der Waals surface area contributed by atoms with Gasteiger partial charge in [0.2, 0.25) is 0 Å². The molecule has 0 fully saturated rings. The van der Waals surface area contributed by atoms with Gasteiger partial charge in [0.05, 0.1) is 12.7 Å². The third-order valence-electron chi connectivity index (χ3n) is 3.09. The number of nitrogen functional groups attached to an aromatic ring is 1. The molecule has 0 aliphatic carbocycles. The molecule has 1 heterocycles. The molecule has 5 heteroatoms. The summed E-state index contributed by atoms with van der Waals surface area (Å²) in [7, 11) is 1.76. The first kappa shape index (κ1) is 17.4. The highest BCUT2D eigenvalue weighted by molar-refractivity contribution is 5.94. The van der Waals surface area contributed by atoms with Crippen LogP contribution in [0.15, 0.2) is 12.1 Å². The summed E-state index contributed by atoms with van der Waals surface area (Å²) in [5, 5.41) is 0. The third kappa shape index (κ3) is 5.34. The van der Waals surface area contributed by atoms with E-state index in [9.17, 15) is 4.79 Å². The van der Waals surface area contributed by atoms with E-state index in [4.69, 9.17) is 10.5 Å². The average Bonchev–Trinajstić information content (AvgIpc) is 2.35. The molecule has 21 heavy (non-hydrogen) atoms. The number of rotatable bonds is 5. The molecule has 1 rings (SSSR count). The van der Waals surface area contributed by atoms with Gasteiger partial charge in [-0.15, -0.1) is 0 Å². The first-order chi connectivity index (χ1) is 9.61. The van der Waals surface area contributed by atoms with Gasteiger partial charge in [-0.25, -0.2) is 4.98 Å². The summed E-state index contributed by atoms with van der Waals surface area (Å²) in [5.41, 5.74) is 7.06. The highest BCUT2D eigenvalue weighted by atomic mass is 16.5. The second-order valence-corrected chi connectivity index (χ2v) is 6.56. The van der Waals surface area contributed by atoms with E-state index in [1.54, 1.807) is 18.0 Å². The molecule has 5 nitrogen and oxygen atoms in total. The van der Waals surface area contributed by atoms with Crippen molar-refractivity contribution in [3.05, 3.63) is 23.4 Å². The molecule has 0 aliphatic rings. The van der Waals surface area contributed by atoms with Crippen molar-refractivity contribution in [3.8, 4) is 0 Å². The van der Waals surface area contributed by atoms with Gasteiger partial charge < -0.3 is 15.4 Å². The van der Waals surface area contributed by atoms with Crippen molar-refractivity contribution in [1.29, 1.82) is 0 Å². The Morgan fingerprint density at radius 2 is 2.00 bits per heavy atom. The zero-order chi connectivity index (χ0) is 16.2. The number of carbonyl (C=O) groups excluding carboxylic acids is 1. The van der Waals surface area contributed by atoms with Crippen LogP contribution in [0.2, 0.25) is 0 Å². The van der Waals surface area contributed by atoms with Crippen molar-refractivity contribution in [2.45, 2.75) is 46.1 Å². The van der Waals surface area contributed by atoms with Crippen LogP contribution in [-0.4, -0.2) is 42.1 Å². The molecule has 0 saturated heterocycles. The highest BCUT2D eigenvalue weighted by Crippen LogP contribution is 2.23. The lowest BCUT2D eigenvalue weighted by atomic mass is 9.90. The van der Waals surface area contributed by atoms with E-state index in [0.29, 0.717) is 24.5 Å². The molecule has 0 atom stereocenters.